The normalized spacial score (nSPS) is 14.4. The van der Waals surface area contributed by atoms with Gasteiger partial charge in [-0.3, -0.25) is 14.4 Å². The molecule has 0 bridgehead atoms. The first-order valence-corrected chi connectivity index (χ1v) is 8.97. The molecule has 2 heterocycles. The monoisotopic (exact) mass is 386 g/mol. The van der Waals surface area contributed by atoms with Crippen LogP contribution in [0, 0.1) is 0 Å². The van der Waals surface area contributed by atoms with Crippen molar-refractivity contribution in [3.8, 4) is 11.5 Å². The number of benzene rings is 1. The summed E-state index contributed by atoms with van der Waals surface area (Å²) < 4.78 is 10.8. The largest absolute Gasteiger partial charge is 0.493 e. The van der Waals surface area contributed by atoms with Crippen LogP contribution in [0.25, 0.3) is 0 Å². The quantitative estimate of drug-likeness (QED) is 0.751. The predicted molar refractivity (Wildman–Crippen MR) is 100 cm³/mol. The van der Waals surface area contributed by atoms with Gasteiger partial charge in [-0.25, -0.2) is 5.10 Å². The highest BCUT2D eigenvalue weighted by Gasteiger charge is 2.25. The van der Waals surface area contributed by atoms with Crippen molar-refractivity contribution in [1.82, 2.24) is 20.4 Å². The number of piperidine rings is 1. The molecule has 0 radical (unpaired) electrons. The Kier molecular flexibility index (Phi) is 6.25. The van der Waals surface area contributed by atoms with Crippen LogP contribution in [-0.4, -0.2) is 59.8 Å². The van der Waals surface area contributed by atoms with Crippen LogP contribution in [0.3, 0.4) is 0 Å². The Labute approximate surface area is 161 Å². The molecule has 2 amide bonds. The SMILES string of the molecule is COc1ccccc1OCC(=O)N1CCC(NC(=O)c2ccc(=O)[nH]n2)CC1. The van der Waals surface area contributed by atoms with E-state index in [2.05, 4.69) is 15.5 Å². The molecule has 148 valence electrons. The smallest absolute Gasteiger partial charge is 0.271 e. The highest BCUT2D eigenvalue weighted by Crippen LogP contribution is 2.25. The van der Waals surface area contributed by atoms with Crippen molar-refractivity contribution in [2.24, 2.45) is 0 Å². The van der Waals surface area contributed by atoms with Crippen LogP contribution in [0.5, 0.6) is 11.5 Å². The van der Waals surface area contributed by atoms with Crippen LogP contribution >= 0.6 is 0 Å². The lowest BCUT2D eigenvalue weighted by atomic mass is 10.0. The molecule has 0 spiro atoms. The molecule has 0 saturated carbocycles. The molecular formula is C19H22N4O5. The van der Waals surface area contributed by atoms with E-state index in [1.807, 2.05) is 12.1 Å². The lowest BCUT2D eigenvalue weighted by Gasteiger charge is -2.32. The average Bonchev–Trinajstić information content (AvgIpc) is 2.73. The maximum absolute atomic E-state index is 12.4. The van der Waals surface area contributed by atoms with Crippen LogP contribution in [0.1, 0.15) is 23.3 Å². The third-order valence-corrected chi connectivity index (χ3v) is 4.51. The van der Waals surface area contributed by atoms with E-state index in [0.29, 0.717) is 37.4 Å². The second-order valence-corrected chi connectivity index (χ2v) is 6.37. The number of nitrogens with zero attached hydrogens (tertiary/aromatic N) is 2. The number of carbonyl (C=O) groups excluding carboxylic acids is 2. The van der Waals surface area contributed by atoms with E-state index >= 15 is 0 Å². The van der Waals surface area contributed by atoms with Gasteiger partial charge in [-0.05, 0) is 31.0 Å². The molecule has 1 aliphatic rings. The first-order chi connectivity index (χ1) is 13.6. The zero-order valence-electron chi connectivity index (χ0n) is 15.5. The molecule has 0 unspecified atom stereocenters. The number of methoxy groups -OCH3 is 1. The molecule has 3 rings (SSSR count). The second kappa shape index (κ2) is 9.03. The Bertz CT molecular complexity index is 869. The molecule has 9 nitrogen and oxygen atoms in total. The summed E-state index contributed by atoms with van der Waals surface area (Å²) in [6.45, 7) is 0.981. The molecule has 1 aromatic carbocycles. The number of H-pyrrole nitrogens is 1. The second-order valence-electron chi connectivity index (χ2n) is 6.37. The summed E-state index contributed by atoms with van der Waals surface area (Å²) in [4.78, 5) is 37.3. The number of ether oxygens (including phenoxy) is 2. The van der Waals surface area contributed by atoms with Gasteiger partial charge in [0, 0.05) is 25.2 Å². The van der Waals surface area contributed by atoms with Crippen molar-refractivity contribution in [3.63, 3.8) is 0 Å². The van der Waals surface area contributed by atoms with Crippen LogP contribution < -0.4 is 20.3 Å². The molecule has 28 heavy (non-hydrogen) atoms. The van der Waals surface area contributed by atoms with Crippen molar-refractivity contribution in [2.75, 3.05) is 26.8 Å². The van der Waals surface area contributed by atoms with Crippen molar-refractivity contribution in [2.45, 2.75) is 18.9 Å². The van der Waals surface area contributed by atoms with Gasteiger partial charge >= 0.3 is 0 Å². The fourth-order valence-electron chi connectivity index (χ4n) is 2.97. The van der Waals surface area contributed by atoms with Gasteiger partial charge in [0.05, 0.1) is 7.11 Å². The minimum absolute atomic E-state index is 0.0552. The number of aromatic nitrogens is 2. The van der Waals surface area contributed by atoms with Crippen LogP contribution in [0.2, 0.25) is 0 Å². The van der Waals surface area contributed by atoms with Gasteiger partial charge in [-0.1, -0.05) is 12.1 Å². The molecule has 2 N–H and O–H groups in total. The molecule has 1 aromatic heterocycles. The standard InChI is InChI=1S/C19H22N4O5/c1-27-15-4-2-3-5-16(15)28-12-18(25)23-10-8-13(9-11-23)20-19(26)14-6-7-17(24)22-21-14/h2-7,13H,8-12H2,1H3,(H,20,26)(H,22,24). The Hall–Kier alpha value is -3.36. The van der Waals surface area contributed by atoms with E-state index in [0.717, 1.165) is 0 Å². The number of amides is 2. The summed E-state index contributed by atoms with van der Waals surface area (Å²) in [6.07, 6.45) is 1.27. The molecule has 0 atom stereocenters. The van der Waals surface area contributed by atoms with E-state index < -0.39 is 0 Å². The number of likely N-dealkylation sites (tertiary alicyclic amines) is 1. The van der Waals surface area contributed by atoms with Crippen molar-refractivity contribution in [1.29, 1.82) is 0 Å². The number of nitrogens with one attached hydrogen (secondary N) is 2. The lowest BCUT2D eigenvalue weighted by Crippen LogP contribution is -2.47. The van der Waals surface area contributed by atoms with E-state index in [4.69, 9.17) is 9.47 Å². The average molecular weight is 386 g/mol. The number of hydrogen-bond acceptors (Lipinski definition) is 6. The van der Waals surface area contributed by atoms with Gasteiger partial charge in [0.1, 0.15) is 5.69 Å². The predicted octanol–water partition coefficient (Wildman–Crippen LogP) is 0.578. The van der Waals surface area contributed by atoms with E-state index in [1.54, 1.807) is 24.1 Å². The van der Waals surface area contributed by atoms with Gasteiger partial charge in [0.25, 0.3) is 17.4 Å². The number of rotatable bonds is 6. The third kappa shape index (κ3) is 4.87. The maximum atomic E-state index is 12.4. The molecule has 1 aliphatic heterocycles. The Balaban J connectivity index is 1.45. The third-order valence-electron chi connectivity index (χ3n) is 4.51. The zero-order valence-corrected chi connectivity index (χ0v) is 15.5. The topological polar surface area (TPSA) is 114 Å². The van der Waals surface area contributed by atoms with Gasteiger partial charge in [0.15, 0.2) is 18.1 Å². The maximum Gasteiger partial charge on any atom is 0.271 e. The van der Waals surface area contributed by atoms with Crippen LogP contribution in [0.4, 0.5) is 0 Å². The molecule has 1 fully saturated rings. The summed E-state index contributed by atoms with van der Waals surface area (Å²) >= 11 is 0. The Morgan fingerprint density at radius 3 is 2.54 bits per heavy atom. The first-order valence-electron chi connectivity index (χ1n) is 8.97. The van der Waals surface area contributed by atoms with Gasteiger partial charge < -0.3 is 19.7 Å². The van der Waals surface area contributed by atoms with Crippen molar-refractivity contribution < 1.29 is 19.1 Å². The fraction of sp³-hybridized carbons (Fsp3) is 0.368. The van der Waals surface area contributed by atoms with Crippen molar-refractivity contribution >= 4 is 11.8 Å². The fourth-order valence-corrected chi connectivity index (χ4v) is 2.97. The number of carbonyl (C=O) groups is 2. The molecule has 1 saturated heterocycles. The summed E-state index contributed by atoms with van der Waals surface area (Å²) in [6, 6.07) is 9.74. The Morgan fingerprint density at radius 2 is 1.89 bits per heavy atom. The van der Waals surface area contributed by atoms with Gasteiger partial charge in [0.2, 0.25) is 0 Å². The lowest BCUT2D eigenvalue weighted by molar-refractivity contribution is -0.134. The number of para-hydroxylation sites is 2. The highest BCUT2D eigenvalue weighted by molar-refractivity contribution is 5.92. The molecule has 2 aromatic rings. The van der Waals surface area contributed by atoms with E-state index in [1.165, 1.54) is 12.1 Å². The number of aromatic amines is 1. The summed E-state index contributed by atoms with van der Waals surface area (Å²) in [5, 5.41) is 8.82. The summed E-state index contributed by atoms with van der Waals surface area (Å²) in [7, 11) is 1.55. The van der Waals surface area contributed by atoms with E-state index in [-0.39, 0.29) is 35.7 Å². The minimum Gasteiger partial charge on any atom is -0.493 e. The number of hydrogen-bond donors (Lipinski definition) is 2. The molecule has 9 heteroatoms. The summed E-state index contributed by atoms with van der Waals surface area (Å²) in [5.74, 6) is 0.639. The van der Waals surface area contributed by atoms with Crippen molar-refractivity contribution in [3.05, 3.63) is 52.4 Å². The Morgan fingerprint density at radius 1 is 1.18 bits per heavy atom. The minimum atomic E-state index is -0.362. The van der Waals surface area contributed by atoms with Crippen LogP contribution in [0.15, 0.2) is 41.2 Å². The first kappa shape index (κ1) is 19.4. The molecule has 0 aliphatic carbocycles. The highest BCUT2D eigenvalue weighted by atomic mass is 16.5. The molecular weight excluding hydrogens is 364 g/mol. The van der Waals surface area contributed by atoms with E-state index in [9.17, 15) is 14.4 Å². The van der Waals surface area contributed by atoms with Crippen LogP contribution in [-0.2, 0) is 4.79 Å². The van der Waals surface area contributed by atoms with Gasteiger partial charge in [-0.15, -0.1) is 0 Å². The van der Waals surface area contributed by atoms with Gasteiger partial charge in [-0.2, -0.15) is 5.10 Å². The summed E-state index contributed by atoms with van der Waals surface area (Å²) in [5.41, 5.74) is -0.206. The zero-order chi connectivity index (χ0) is 19.9.